The summed E-state index contributed by atoms with van der Waals surface area (Å²) in [5.41, 5.74) is 2.06. The first-order valence-corrected chi connectivity index (χ1v) is 10.1. The van der Waals surface area contributed by atoms with Gasteiger partial charge in [0.1, 0.15) is 11.3 Å². The summed E-state index contributed by atoms with van der Waals surface area (Å²) < 4.78 is 17.7. The summed E-state index contributed by atoms with van der Waals surface area (Å²) >= 11 is 3.54. The molecule has 1 aliphatic heterocycles. The van der Waals surface area contributed by atoms with Gasteiger partial charge < -0.3 is 19.2 Å². The van der Waals surface area contributed by atoms with E-state index < -0.39 is 5.54 Å². The number of fused-ring (bicyclic) bond motifs is 1. The number of carbonyl (C=O) groups excluding carboxylic acids is 1. The van der Waals surface area contributed by atoms with Crippen molar-refractivity contribution in [3.05, 3.63) is 63.8 Å². The van der Waals surface area contributed by atoms with Crippen LogP contribution >= 0.6 is 15.9 Å². The van der Waals surface area contributed by atoms with Crippen molar-refractivity contribution >= 4 is 32.8 Å². The maximum atomic E-state index is 13.2. The quantitative estimate of drug-likeness (QED) is 0.619. The molecule has 0 unspecified atom stereocenters. The number of methoxy groups -OCH3 is 1. The van der Waals surface area contributed by atoms with Gasteiger partial charge in [0, 0.05) is 28.6 Å². The predicted molar refractivity (Wildman–Crippen MR) is 111 cm³/mol. The molecular weight excluding hydrogens is 422 g/mol. The lowest BCUT2D eigenvalue weighted by Crippen LogP contribution is -2.49. The second-order valence-corrected chi connectivity index (χ2v) is 7.99. The van der Waals surface area contributed by atoms with Gasteiger partial charge in [0.15, 0.2) is 5.76 Å². The van der Waals surface area contributed by atoms with Crippen LogP contribution in [0.5, 0.6) is 5.75 Å². The van der Waals surface area contributed by atoms with Gasteiger partial charge in [-0.15, -0.1) is 0 Å². The van der Waals surface area contributed by atoms with Crippen LogP contribution in [0, 0.1) is 6.92 Å². The molecule has 2 heterocycles. The number of rotatable bonds is 4. The zero-order chi connectivity index (χ0) is 19.7. The van der Waals surface area contributed by atoms with Crippen LogP contribution < -0.4 is 10.1 Å². The van der Waals surface area contributed by atoms with Crippen molar-refractivity contribution in [1.29, 1.82) is 0 Å². The SMILES string of the molecule is COc1ccc2oc(C(=O)NC3(c4cccc(Br)c4)CCOCC3)c(C)c2c1. The van der Waals surface area contributed by atoms with E-state index in [0.717, 1.165) is 26.7 Å². The van der Waals surface area contributed by atoms with Crippen molar-refractivity contribution in [1.82, 2.24) is 5.32 Å². The summed E-state index contributed by atoms with van der Waals surface area (Å²) in [6.07, 6.45) is 1.42. The maximum absolute atomic E-state index is 13.2. The highest BCUT2D eigenvalue weighted by Gasteiger charge is 2.37. The molecule has 2 aromatic carbocycles. The molecule has 4 rings (SSSR count). The van der Waals surface area contributed by atoms with Crippen LogP contribution in [0.1, 0.15) is 34.5 Å². The summed E-state index contributed by atoms with van der Waals surface area (Å²) in [5, 5.41) is 4.14. The van der Waals surface area contributed by atoms with Crippen molar-refractivity contribution < 1.29 is 18.7 Å². The number of hydrogen-bond acceptors (Lipinski definition) is 4. The maximum Gasteiger partial charge on any atom is 0.288 e. The van der Waals surface area contributed by atoms with E-state index in [-0.39, 0.29) is 5.91 Å². The van der Waals surface area contributed by atoms with Crippen molar-refractivity contribution in [2.45, 2.75) is 25.3 Å². The Morgan fingerprint density at radius 1 is 1.18 bits per heavy atom. The van der Waals surface area contributed by atoms with E-state index in [1.807, 2.05) is 43.3 Å². The summed E-state index contributed by atoms with van der Waals surface area (Å²) in [6.45, 7) is 3.10. The third kappa shape index (κ3) is 3.42. The number of nitrogens with one attached hydrogen (secondary N) is 1. The zero-order valence-corrected chi connectivity index (χ0v) is 17.5. The molecule has 1 aromatic heterocycles. The number of amides is 1. The van der Waals surface area contributed by atoms with Crippen LogP contribution in [0.4, 0.5) is 0 Å². The minimum atomic E-state index is -0.484. The molecule has 5 nitrogen and oxygen atoms in total. The monoisotopic (exact) mass is 443 g/mol. The first kappa shape index (κ1) is 19.0. The Labute approximate surface area is 172 Å². The minimum Gasteiger partial charge on any atom is -0.497 e. The number of halogens is 1. The van der Waals surface area contributed by atoms with Gasteiger partial charge in [-0.3, -0.25) is 4.79 Å². The van der Waals surface area contributed by atoms with Crippen LogP contribution in [0.3, 0.4) is 0 Å². The largest absolute Gasteiger partial charge is 0.497 e. The molecule has 28 heavy (non-hydrogen) atoms. The molecule has 0 aliphatic carbocycles. The van der Waals surface area contributed by atoms with Crippen molar-refractivity contribution in [2.24, 2.45) is 0 Å². The van der Waals surface area contributed by atoms with E-state index in [1.165, 1.54) is 0 Å². The van der Waals surface area contributed by atoms with Crippen molar-refractivity contribution in [2.75, 3.05) is 20.3 Å². The average Bonchev–Trinajstić information content (AvgIpc) is 3.05. The fourth-order valence-electron chi connectivity index (χ4n) is 3.81. The number of furan rings is 1. The van der Waals surface area contributed by atoms with E-state index in [4.69, 9.17) is 13.9 Å². The van der Waals surface area contributed by atoms with Gasteiger partial charge in [0.25, 0.3) is 5.91 Å². The molecule has 1 amide bonds. The Morgan fingerprint density at radius 2 is 1.96 bits per heavy atom. The molecule has 1 N–H and O–H groups in total. The fourth-order valence-corrected chi connectivity index (χ4v) is 4.21. The first-order chi connectivity index (χ1) is 13.5. The van der Waals surface area contributed by atoms with Gasteiger partial charge in [-0.1, -0.05) is 28.1 Å². The molecule has 1 fully saturated rings. The molecule has 0 bridgehead atoms. The summed E-state index contributed by atoms with van der Waals surface area (Å²) in [6, 6.07) is 13.6. The van der Waals surface area contributed by atoms with Gasteiger partial charge >= 0.3 is 0 Å². The molecule has 0 saturated carbocycles. The van der Waals surface area contributed by atoms with Gasteiger partial charge in [-0.2, -0.15) is 0 Å². The number of hydrogen-bond donors (Lipinski definition) is 1. The predicted octanol–water partition coefficient (Wildman–Crippen LogP) is 4.95. The van der Waals surface area contributed by atoms with Crippen LogP contribution in [-0.4, -0.2) is 26.2 Å². The number of ether oxygens (including phenoxy) is 2. The normalized spacial score (nSPS) is 16.1. The zero-order valence-electron chi connectivity index (χ0n) is 15.9. The van der Waals surface area contributed by atoms with E-state index in [0.29, 0.717) is 37.4 Å². The van der Waals surface area contributed by atoms with Crippen molar-refractivity contribution in [3.63, 3.8) is 0 Å². The molecule has 1 saturated heterocycles. The van der Waals surface area contributed by atoms with Crippen LogP contribution in [0.15, 0.2) is 51.4 Å². The molecule has 0 atom stereocenters. The number of aryl methyl sites for hydroxylation is 1. The van der Waals surface area contributed by atoms with Gasteiger partial charge in [-0.05, 0) is 55.7 Å². The summed E-state index contributed by atoms with van der Waals surface area (Å²) in [5.74, 6) is 0.858. The Hall–Kier alpha value is -2.31. The van der Waals surface area contributed by atoms with Gasteiger partial charge in [-0.25, -0.2) is 0 Å². The molecule has 0 spiro atoms. The number of carbonyl (C=O) groups is 1. The van der Waals surface area contributed by atoms with Crippen molar-refractivity contribution in [3.8, 4) is 5.75 Å². The van der Waals surface area contributed by atoms with Gasteiger partial charge in [0.2, 0.25) is 0 Å². The first-order valence-electron chi connectivity index (χ1n) is 9.26. The second-order valence-electron chi connectivity index (χ2n) is 7.08. The molecule has 0 radical (unpaired) electrons. The summed E-state index contributed by atoms with van der Waals surface area (Å²) in [7, 11) is 1.62. The smallest absolute Gasteiger partial charge is 0.288 e. The molecule has 146 valence electrons. The van der Waals surface area contributed by atoms with E-state index in [9.17, 15) is 4.79 Å². The van der Waals surface area contributed by atoms with E-state index in [1.54, 1.807) is 7.11 Å². The minimum absolute atomic E-state index is 0.213. The molecule has 6 heteroatoms. The molecular formula is C22H22BrNO4. The van der Waals surface area contributed by atoms with E-state index >= 15 is 0 Å². The van der Waals surface area contributed by atoms with Crippen LogP contribution in [-0.2, 0) is 10.3 Å². The summed E-state index contributed by atoms with van der Waals surface area (Å²) in [4.78, 5) is 13.2. The highest BCUT2D eigenvalue weighted by Crippen LogP contribution is 2.35. The van der Waals surface area contributed by atoms with Crippen LogP contribution in [0.2, 0.25) is 0 Å². The average molecular weight is 444 g/mol. The Kier molecular flexibility index (Phi) is 5.17. The lowest BCUT2D eigenvalue weighted by atomic mass is 9.82. The standard InChI is InChI=1S/C22H22BrNO4/c1-14-18-13-17(26-2)6-7-19(18)28-20(14)21(25)24-22(8-10-27-11-9-22)15-4-3-5-16(23)12-15/h3-7,12-13H,8-11H2,1-2H3,(H,24,25). The van der Waals surface area contributed by atoms with Gasteiger partial charge in [0.05, 0.1) is 12.6 Å². The second kappa shape index (κ2) is 7.60. The lowest BCUT2D eigenvalue weighted by molar-refractivity contribution is 0.0338. The lowest BCUT2D eigenvalue weighted by Gasteiger charge is -2.38. The Morgan fingerprint density at radius 3 is 2.68 bits per heavy atom. The Balaban J connectivity index is 1.70. The number of benzene rings is 2. The molecule has 3 aromatic rings. The Bertz CT molecular complexity index is 1020. The third-order valence-electron chi connectivity index (χ3n) is 5.43. The topological polar surface area (TPSA) is 60.7 Å². The fraction of sp³-hybridized carbons (Fsp3) is 0.318. The highest BCUT2D eigenvalue weighted by molar-refractivity contribution is 9.10. The third-order valence-corrected chi connectivity index (χ3v) is 5.92. The van der Waals surface area contributed by atoms with Crippen LogP contribution in [0.25, 0.3) is 11.0 Å². The van der Waals surface area contributed by atoms with E-state index in [2.05, 4.69) is 27.3 Å². The molecule has 1 aliphatic rings. The highest BCUT2D eigenvalue weighted by atomic mass is 79.9.